The van der Waals surface area contributed by atoms with Crippen LogP contribution in [0.4, 0.5) is 4.79 Å². The van der Waals surface area contributed by atoms with Gasteiger partial charge in [-0.05, 0) is 56.0 Å². The Labute approximate surface area is 130 Å². The van der Waals surface area contributed by atoms with E-state index in [0.29, 0.717) is 37.4 Å². The van der Waals surface area contributed by atoms with E-state index in [0.717, 1.165) is 32.5 Å². The predicted molar refractivity (Wildman–Crippen MR) is 80.5 cm³/mol. The van der Waals surface area contributed by atoms with Gasteiger partial charge in [0.2, 0.25) is 5.91 Å². The average molecular weight is 307 g/mol. The molecule has 6 heteroatoms. The summed E-state index contributed by atoms with van der Waals surface area (Å²) >= 11 is 0. The number of nitrogens with zero attached hydrogens (tertiary/aromatic N) is 2. The van der Waals surface area contributed by atoms with Crippen LogP contribution in [0.5, 0.6) is 0 Å². The average Bonchev–Trinajstić information content (AvgIpc) is 2.97. The first-order valence-electron chi connectivity index (χ1n) is 8.55. The molecule has 4 aliphatic rings. The van der Waals surface area contributed by atoms with Crippen molar-refractivity contribution in [2.24, 2.45) is 17.3 Å². The molecule has 1 saturated carbocycles. The standard InChI is InChI=1S/C16H25N3O3/c20-13-7-16(10-17-13)3-5-18(6-4-16)14-11-1-2-12(14)9-19(8-11)15(21)22/h11-12,14H,1-10H2,(H,17,20)(H,21,22). The number of nitrogens with one attached hydrogen (secondary N) is 1. The number of carboxylic acid groups (broad SMARTS) is 1. The Morgan fingerprint density at radius 1 is 1.18 bits per heavy atom. The lowest BCUT2D eigenvalue weighted by molar-refractivity contribution is -0.120. The minimum Gasteiger partial charge on any atom is -0.465 e. The second-order valence-corrected chi connectivity index (χ2v) is 7.77. The van der Waals surface area contributed by atoms with E-state index in [1.165, 1.54) is 12.8 Å². The Kier molecular flexibility index (Phi) is 3.33. The third-order valence-corrected chi connectivity index (χ3v) is 6.53. The van der Waals surface area contributed by atoms with Crippen LogP contribution in [0, 0.1) is 17.3 Å². The van der Waals surface area contributed by atoms with Crippen molar-refractivity contribution in [1.82, 2.24) is 15.1 Å². The molecule has 3 saturated heterocycles. The van der Waals surface area contributed by atoms with Crippen LogP contribution in [-0.2, 0) is 4.79 Å². The van der Waals surface area contributed by atoms with E-state index < -0.39 is 6.09 Å². The van der Waals surface area contributed by atoms with E-state index in [1.807, 2.05) is 0 Å². The zero-order chi connectivity index (χ0) is 15.3. The molecule has 4 fully saturated rings. The van der Waals surface area contributed by atoms with Crippen LogP contribution in [-0.4, -0.2) is 65.7 Å². The highest BCUT2D eigenvalue weighted by Crippen LogP contribution is 2.44. The van der Waals surface area contributed by atoms with Crippen molar-refractivity contribution in [3.05, 3.63) is 0 Å². The number of hydrogen-bond donors (Lipinski definition) is 2. The maximum absolute atomic E-state index is 11.5. The lowest BCUT2D eigenvalue weighted by Gasteiger charge is -2.47. The van der Waals surface area contributed by atoms with E-state index in [4.69, 9.17) is 0 Å². The first-order chi connectivity index (χ1) is 10.6. The second kappa shape index (κ2) is 5.11. The summed E-state index contributed by atoms with van der Waals surface area (Å²) in [5, 5.41) is 12.2. The molecule has 2 atom stereocenters. The highest BCUT2D eigenvalue weighted by Gasteiger charge is 2.49. The van der Waals surface area contributed by atoms with Crippen molar-refractivity contribution < 1.29 is 14.7 Å². The molecule has 6 nitrogen and oxygen atoms in total. The molecule has 122 valence electrons. The molecule has 1 aliphatic carbocycles. The molecule has 2 N–H and O–H groups in total. The van der Waals surface area contributed by atoms with Crippen molar-refractivity contribution in [1.29, 1.82) is 0 Å². The van der Waals surface area contributed by atoms with Gasteiger partial charge < -0.3 is 15.3 Å². The molecule has 0 aromatic rings. The fourth-order valence-corrected chi connectivity index (χ4v) is 5.35. The van der Waals surface area contributed by atoms with Crippen LogP contribution in [0.3, 0.4) is 0 Å². The second-order valence-electron chi connectivity index (χ2n) is 7.77. The maximum Gasteiger partial charge on any atom is 0.407 e. The van der Waals surface area contributed by atoms with E-state index in [2.05, 4.69) is 10.2 Å². The van der Waals surface area contributed by atoms with E-state index in [-0.39, 0.29) is 11.3 Å². The van der Waals surface area contributed by atoms with Gasteiger partial charge in [-0.3, -0.25) is 9.69 Å². The monoisotopic (exact) mass is 307 g/mol. The lowest BCUT2D eigenvalue weighted by atomic mass is 9.76. The Bertz CT molecular complexity index is 473. The number of likely N-dealkylation sites (tertiary alicyclic amines) is 2. The number of rotatable bonds is 1. The van der Waals surface area contributed by atoms with Gasteiger partial charge in [0.25, 0.3) is 0 Å². The van der Waals surface area contributed by atoms with Gasteiger partial charge in [0.1, 0.15) is 0 Å². The van der Waals surface area contributed by atoms with Crippen LogP contribution in [0.1, 0.15) is 32.1 Å². The molecule has 3 heterocycles. The fraction of sp³-hybridized carbons (Fsp3) is 0.875. The van der Waals surface area contributed by atoms with Gasteiger partial charge in [0, 0.05) is 32.1 Å². The van der Waals surface area contributed by atoms with E-state index in [1.54, 1.807) is 4.90 Å². The smallest absolute Gasteiger partial charge is 0.407 e. The molecule has 2 amide bonds. The molecule has 0 aromatic carbocycles. The van der Waals surface area contributed by atoms with Crippen LogP contribution >= 0.6 is 0 Å². The van der Waals surface area contributed by atoms with Crippen LogP contribution in [0.2, 0.25) is 0 Å². The Morgan fingerprint density at radius 3 is 2.32 bits per heavy atom. The highest BCUT2D eigenvalue weighted by molar-refractivity contribution is 5.79. The molecular weight excluding hydrogens is 282 g/mol. The summed E-state index contributed by atoms with van der Waals surface area (Å²) in [5.41, 5.74) is 0.203. The fourth-order valence-electron chi connectivity index (χ4n) is 5.35. The summed E-state index contributed by atoms with van der Waals surface area (Å²) in [4.78, 5) is 27.0. The quantitative estimate of drug-likeness (QED) is 0.757. The van der Waals surface area contributed by atoms with Gasteiger partial charge >= 0.3 is 6.09 Å². The Balaban J connectivity index is 1.40. The van der Waals surface area contributed by atoms with Gasteiger partial charge in [-0.2, -0.15) is 0 Å². The van der Waals surface area contributed by atoms with Gasteiger partial charge in [-0.1, -0.05) is 0 Å². The number of amides is 2. The molecule has 0 aromatic heterocycles. The first-order valence-corrected chi connectivity index (χ1v) is 8.55. The number of carbonyl (C=O) groups excluding carboxylic acids is 1. The minimum absolute atomic E-state index is 0.203. The minimum atomic E-state index is -0.761. The molecule has 2 bridgehead atoms. The summed E-state index contributed by atoms with van der Waals surface area (Å²) in [6.45, 7) is 4.40. The summed E-state index contributed by atoms with van der Waals surface area (Å²) in [6, 6.07) is 0.568. The SMILES string of the molecule is O=C1CC2(CCN(C3C4CCC3CN(C(=O)O)C4)CC2)CN1. The van der Waals surface area contributed by atoms with Crippen LogP contribution in [0.25, 0.3) is 0 Å². The summed E-state index contributed by atoms with van der Waals surface area (Å²) in [5.74, 6) is 1.22. The Morgan fingerprint density at radius 2 is 1.82 bits per heavy atom. The van der Waals surface area contributed by atoms with Crippen LogP contribution < -0.4 is 5.32 Å². The molecular formula is C16H25N3O3. The van der Waals surface area contributed by atoms with E-state index in [9.17, 15) is 14.7 Å². The number of hydrogen-bond acceptors (Lipinski definition) is 3. The molecule has 2 unspecified atom stereocenters. The van der Waals surface area contributed by atoms with E-state index >= 15 is 0 Å². The molecule has 4 rings (SSSR count). The Hall–Kier alpha value is -1.30. The third kappa shape index (κ3) is 2.28. The number of fused-ring (bicyclic) bond motifs is 2. The maximum atomic E-state index is 11.5. The van der Waals surface area contributed by atoms with Crippen molar-refractivity contribution >= 4 is 12.0 Å². The van der Waals surface area contributed by atoms with Crippen LogP contribution in [0.15, 0.2) is 0 Å². The van der Waals surface area contributed by atoms with Crippen molar-refractivity contribution in [2.45, 2.75) is 38.1 Å². The molecule has 0 radical (unpaired) electrons. The summed E-state index contributed by atoms with van der Waals surface area (Å²) in [7, 11) is 0. The molecule has 3 aliphatic heterocycles. The molecule has 1 spiro atoms. The van der Waals surface area contributed by atoms with Crippen molar-refractivity contribution in [3.63, 3.8) is 0 Å². The number of piperidine rings is 2. The normalized spacial score (nSPS) is 37.5. The van der Waals surface area contributed by atoms with Gasteiger partial charge in [-0.15, -0.1) is 0 Å². The largest absolute Gasteiger partial charge is 0.465 e. The van der Waals surface area contributed by atoms with Gasteiger partial charge in [-0.25, -0.2) is 4.79 Å². The first kappa shape index (κ1) is 14.3. The number of carbonyl (C=O) groups is 2. The summed E-state index contributed by atoms with van der Waals surface area (Å²) in [6.07, 6.45) is 4.48. The lowest BCUT2D eigenvalue weighted by Crippen LogP contribution is -2.56. The molecule has 22 heavy (non-hydrogen) atoms. The van der Waals surface area contributed by atoms with Crippen molar-refractivity contribution in [3.8, 4) is 0 Å². The van der Waals surface area contributed by atoms with Crippen molar-refractivity contribution in [2.75, 3.05) is 32.7 Å². The third-order valence-electron chi connectivity index (χ3n) is 6.53. The summed E-state index contributed by atoms with van der Waals surface area (Å²) < 4.78 is 0. The van der Waals surface area contributed by atoms with Gasteiger partial charge in [0.15, 0.2) is 0 Å². The zero-order valence-electron chi connectivity index (χ0n) is 13.0. The zero-order valence-corrected chi connectivity index (χ0v) is 13.0. The predicted octanol–water partition coefficient (Wildman–Crippen LogP) is 0.977. The van der Waals surface area contributed by atoms with Gasteiger partial charge in [0.05, 0.1) is 0 Å². The topological polar surface area (TPSA) is 72.9 Å². The highest BCUT2D eigenvalue weighted by atomic mass is 16.4.